The Labute approximate surface area is 177 Å². The van der Waals surface area contributed by atoms with Crippen LogP contribution in [0.25, 0.3) is 0 Å². The first-order valence-electron chi connectivity index (χ1n) is 9.78. The quantitative estimate of drug-likeness (QED) is 0.368. The van der Waals surface area contributed by atoms with Gasteiger partial charge in [0, 0.05) is 22.2 Å². The van der Waals surface area contributed by atoms with E-state index in [0.29, 0.717) is 22.4 Å². The molecule has 0 radical (unpaired) electrons. The van der Waals surface area contributed by atoms with Crippen LogP contribution in [0.3, 0.4) is 0 Å². The molecule has 1 aliphatic carbocycles. The van der Waals surface area contributed by atoms with Gasteiger partial charge in [0.15, 0.2) is 11.5 Å². The van der Waals surface area contributed by atoms with E-state index in [4.69, 9.17) is 32.7 Å². The molecule has 0 aliphatic heterocycles. The van der Waals surface area contributed by atoms with E-state index in [0.717, 1.165) is 30.8 Å². The maximum absolute atomic E-state index is 6.21. The smallest absolute Gasteiger partial charge is 0.161 e. The number of nitrogens with one attached hydrogen (secondary N) is 1. The third-order valence-corrected chi connectivity index (χ3v) is 5.55. The van der Waals surface area contributed by atoms with E-state index in [1.165, 1.54) is 31.2 Å². The third kappa shape index (κ3) is 6.16. The van der Waals surface area contributed by atoms with Crippen LogP contribution in [0, 0.1) is 0 Å². The van der Waals surface area contributed by atoms with E-state index in [2.05, 4.69) is 17.5 Å². The van der Waals surface area contributed by atoms with E-state index < -0.39 is 0 Å². The van der Waals surface area contributed by atoms with Gasteiger partial charge in [-0.2, -0.15) is 0 Å². The Balaban J connectivity index is 1.52. The predicted octanol–water partition coefficient (Wildman–Crippen LogP) is 6.56. The maximum Gasteiger partial charge on any atom is 0.161 e. The van der Waals surface area contributed by atoms with Gasteiger partial charge in [-0.05, 0) is 68.5 Å². The molecule has 1 aliphatic rings. The fraction of sp³-hybridized carbons (Fsp3) is 0.391. The van der Waals surface area contributed by atoms with Gasteiger partial charge in [0.2, 0.25) is 0 Å². The number of ether oxygens (including phenoxy) is 2. The van der Waals surface area contributed by atoms with Crippen LogP contribution >= 0.6 is 23.2 Å². The number of benzene rings is 2. The molecule has 0 unspecified atom stereocenters. The van der Waals surface area contributed by atoms with Gasteiger partial charge in [-0.1, -0.05) is 47.0 Å². The first kappa shape index (κ1) is 21.0. The van der Waals surface area contributed by atoms with Crippen LogP contribution in [0.15, 0.2) is 48.0 Å². The van der Waals surface area contributed by atoms with Crippen molar-refractivity contribution in [2.75, 3.05) is 13.7 Å². The summed E-state index contributed by atoms with van der Waals surface area (Å²) in [6.45, 7) is 2.17. The number of hydrogen-bond acceptors (Lipinski definition) is 3. The molecule has 0 aromatic heterocycles. The zero-order valence-corrected chi connectivity index (χ0v) is 17.8. The second-order valence-corrected chi connectivity index (χ2v) is 7.89. The monoisotopic (exact) mass is 419 g/mol. The Bertz CT molecular complexity index is 820. The minimum Gasteiger partial charge on any atom is -0.493 e. The molecule has 5 heteroatoms. The van der Waals surface area contributed by atoms with Gasteiger partial charge >= 0.3 is 0 Å². The van der Waals surface area contributed by atoms with Crippen molar-refractivity contribution in [3.8, 4) is 11.5 Å². The van der Waals surface area contributed by atoms with Crippen LogP contribution in [0.1, 0.15) is 43.2 Å². The molecule has 0 spiro atoms. The Hall–Kier alpha value is -1.68. The zero-order valence-electron chi connectivity index (χ0n) is 16.3. The summed E-state index contributed by atoms with van der Waals surface area (Å²) in [4.78, 5) is 0. The second-order valence-electron chi connectivity index (χ2n) is 7.04. The van der Waals surface area contributed by atoms with Gasteiger partial charge in [0.05, 0.1) is 7.11 Å². The SMILES string of the molecule is COc1cc(CNCCC2=CCCCC2)ccc1OCc1ccc(Cl)cc1Cl. The lowest BCUT2D eigenvalue weighted by atomic mass is 9.97. The Kier molecular flexibility index (Phi) is 8.08. The van der Waals surface area contributed by atoms with Gasteiger partial charge < -0.3 is 14.8 Å². The fourth-order valence-electron chi connectivity index (χ4n) is 3.35. The summed E-state index contributed by atoms with van der Waals surface area (Å²) in [6, 6.07) is 11.4. The molecular weight excluding hydrogens is 393 g/mol. The summed E-state index contributed by atoms with van der Waals surface area (Å²) >= 11 is 12.2. The molecule has 2 aromatic rings. The molecule has 0 amide bonds. The molecule has 28 heavy (non-hydrogen) atoms. The molecule has 0 saturated heterocycles. The Morgan fingerprint density at radius 1 is 1.04 bits per heavy atom. The molecule has 1 N–H and O–H groups in total. The standard InChI is InChI=1S/C23H27Cl2NO2/c1-27-23-13-18(15-26-12-11-17-5-3-2-4-6-17)7-10-22(23)28-16-19-8-9-20(24)14-21(19)25/h5,7-10,13-14,26H,2-4,6,11-12,15-16H2,1H3. The van der Waals surface area contributed by atoms with Crippen LogP contribution in [-0.4, -0.2) is 13.7 Å². The lowest BCUT2D eigenvalue weighted by molar-refractivity contribution is 0.284. The first-order chi connectivity index (χ1) is 13.7. The van der Waals surface area contributed by atoms with Crippen molar-refractivity contribution >= 4 is 23.2 Å². The maximum atomic E-state index is 6.21. The summed E-state index contributed by atoms with van der Waals surface area (Å²) in [5.41, 5.74) is 3.66. The highest BCUT2D eigenvalue weighted by molar-refractivity contribution is 6.35. The summed E-state index contributed by atoms with van der Waals surface area (Å²) in [5.74, 6) is 1.42. The summed E-state index contributed by atoms with van der Waals surface area (Å²) < 4.78 is 11.4. The van der Waals surface area contributed by atoms with Crippen LogP contribution in [0.4, 0.5) is 0 Å². The highest BCUT2D eigenvalue weighted by Gasteiger charge is 2.09. The normalized spacial score (nSPS) is 13.9. The highest BCUT2D eigenvalue weighted by Crippen LogP contribution is 2.30. The van der Waals surface area contributed by atoms with E-state index in [-0.39, 0.29) is 0 Å². The zero-order chi connectivity index (χ0) is 19.8. The molecule has 3 nitrogen and oxygen atoms in total. The Morgan fingerprint density at radius 2 is 1.93 bits per heavy atom. The summed E-state index contributed by atoms with van der Waals surface area (Å²) in [7, 11) is 1.66. The lowest BCUT2D eigenvalue weighted by Crippen LogP contribution is -2.15. The van der Waals surface area contributed by atoms with Crippen molar-refractivity contribution < 1.29 is 9.47 Å². The number of allylic oxidation sites excluding steroid dienone is 1. The van der Waals surface area contributed by atoms with E-state index in [1.807, 2.05) is 24.3 Å². The van der Waals surface area contributed by atoms with Crippen molar-refractivity contribution in [3.63, 3.8) is 0 Å². The van der Waals surface area contributed by atoms with Crippen molar-refractivity contribution in [1.82, 2.24) is 5.32 Å². The molecule has 2 aromatic carbocycles. The fourth-order valence-corrected chi connectivity index (χ4v) is 3.81. The van der Waals surface area contributed by atoms with Crippen molar-refractivity contribution in [2.24, 2.45) is 0 Å². The minimum atomic E-state index is 0.360. The van der Waals surface area contributed by atoms with Crippen LogP contribution in [0.2, 0.25) is 10.0 Å². The topological polar surface area (TPSA) is 30.5 Å². The number of rotatable bonds is 9. The molecule has 0 heterocycles. The van der Waals surface area contributed by atoms with Crippen molar-refractivity contribution in [3.05, 3.63) is 69.2 Å². The van der Waals surface area contributed by atoms with Gasteiger partial charge in [0.1, 0.15) is 6.61 Å². The first-order valence-corrected chi connectivity index (χ1v) is 10.5. The highest BCUT2D eigenvalue weighted by atomic mass is 35.5. The molecule has 0 atom stereocenters. The summed E-state index contributed by atoms with van der Waals surface area (Å²) in [5, 5.41) is 4.73. The second kappa shape index (κ2) is 10.8. The lowest BCUT2D eigenvalue weighted by Gasteiger charge is -2.14. The minimum absolute atomic E-state index is 0.360. The average molecular weight is 420 g/mol. The molecule has 3 rings (SSSR count). The number of hydrogen-bond donors (Lipinski definition) is 1. The molecule has 0 fully saturated rings. The van der Waals surface area contributed by atoms with E-state index in [1.54, 1.807) is 18.7 Å². The van der Waals surface area contributed by atoms with Crippen LogP contribution < -0.4 is 14.8 Å². The van der Waals surface area contributed by atoms with E-state index in [9.17, 15) is 0 Å². The van der Waals surface area contributed by atoms with Gasteiger partial charge in [-0.3, -0.25) is 0 Å². The largest absolute Gasteiger partial charge is 0.493 e. The molecule has 0 bridgehead atoms. The third-order valence-electron chi connectivity index (χ3n) is 4.96. The number of halogens is 2. The van der Waals surface area contributed by atoms with E-state index >= 15 is 0 Å². The summed E-state index contributed by atoms with van der Waals surface area (Å²) in [6.07, 6.45) is 8.74. The Morgan fingerprint density at radius 3 is 2.68 bits per heavy atom. The van der Waals surface area contributed by atoms with Crippen molar-refractivity contribution in [1.29, 1.82) is 0 Å². The predicted molar refractivity (Wildman–Crippen MR) is 117 cm³/mol. The van der Waals surface area contributed by atoms with Gasteiger partial charge in [0.25, 0.3) is 0 Å². The van der Waals surface area contributed by atoms with Crippen LogP contribution in [-0.2, 0) is 13.2 Å². The van der Waals surface area contributed by atoms with Crippen molar-refractivity contribution in [2.45, 2.75) is 45.3 Å². The van der Waals surface area contributed by atoms with Gasteiger partial charge in [-0.15, -0.1) is 0 Å². The molecule has 0 saturated carbocycles. The number of methoxy groups -OCH3 is 1. The molecule has 150 valence electrons. The molecular formula is C23H27Cl2NO2. The van der Waals surface area contributed by atoms with Gasteiger partial charge in [-0.25, -0.2) is 0 Å². The average Bonchev–Trinajstić information content (AvgIpc) is 2.72. The van der Waals surface area contributed by atoms with Crippen LogP contribution in [0.5, 0.6) is 11.5 Å².